The zero-order valence-electron chi connectivity index (χ0n) is 18.9. The molecule has 0 aliphatic rings. The fraction of sp³-hybridized carbons (Fsp3) is 0.522. The van der Waals surface area contributed by atoms with Crippen molar-refractivity contribution in [1.29, 1.82) is 0 Å². The summed E-state index contributed by atoms with van der Waals surface area (Å²) < 4.78 is 21.6. The van der Waals surface area contributed by atoms with Gasteiger partial charge in [0.2, 0.25) is 5.89 Å². The van der Waals surface area contributed by atoms with E-state index in [0.717, 1.165) is 0 Å². The van der Waals surface area contributed by atoms with Crippen molar-refractivity contribution in [2.45, 2.75) is 33.2 Å². The molecule has 176 valence electrons. The van der Waals surface area contributed by atoms with Crippen LogP contribution < -0.4 is 10.1 Å². The minimum Gasteiger partial charge on any atom is -0.484 e. The quantitative estimate of drug-likeness (QED) is 0.395. The highest BCUT2D eigenvalue weighted by Gasteiger charge is 2.19. The number of para-hydroxylation sites is 1. The van der Waals surface area contributed by atoms with Gasteiger partial charge < -0.3 is 28.8 Å². The molecule has 1 N–H and O–H groups in total. The van der Waals surface area contributed by atoms with Crippen LogP contribution in [-0.2, 0) is 20.8 Å². The Morgan fingerprint density at radius 2 is 1.78 bits per heavy atom. The second-order valence-corrected chi connectivity index (χ2v) is 6.90. The average Bonchev–Trinajstić information content (AvgIpc) is 3.28. The molecular weight excluding hydrogens is 414 g/mol. The lowest BCUT2D eigenvalue weighted by Gasteiger charge is -2.21. The second kappa shape index (κ2) is 15.0. The van der Waals surface area contributed by atoms with Crippen molar-refractivity contribution < 1.29 is 28.2 Å². The summed E-state index contributed by atoms with van der Waals surface area (Å²) in [5, 5.41) is 2.78. The van der Waals surface area contributed by atoms with Crippen LogP contribution in [-0.4, -0.2) is 67.8 Å². The lowest BCUT2D eigenvalue weighted by atomic mass is 10.3. The van der Waals surface area contributed by atoms with E-state index in [2.05, 4.69) is 10.3 Å². The molecule has 2 amide bonds. The Morgan fingerprint density at radius 3 is 2.50 bits per heavy atom. The van der Waals surface area contributed by atoms with Crippen LogP contribution in [0, 0.1) is 0 Å². The van der Waals surface area contributed by atoms with Crippen LogP contribution in [0.1, 0.15) is 43.1 Å². The van der Waals surface area contributed by atoms with Gasteiger partial charge in [-0.2, -0.15) is 0 Å². The maximum Gasteiger partial charge on any atom is 0.273 e. The fourth-order valence-corrected chi connectivity index (χ4v) is 2.81. The van der Waals surface area contributed by atoms with E-state index in [0.29, 0.717) is 58.1 Å². The molecule has 0 saturated heterocycles. The molecule has 0 spiro atoms. The van der Waals surface area contributed by atoms with Crippen molar-refractivity contribution in [1.82, 2.24) is 15.2 Å². The monoisotopic (exact) mass is 447 g/mol. The highest BCUT2D eigenvalue weighted by Crippen LogP contribution is 2.11. The van der Waals surface area contributed by atoms with E-state index < -0.39 is 0 Å². The number of nitrogens with zero attached hydrogens (tertiary/aromatic N) is 2. The Kier molecular flexibility index (Phi) is 11.9. The van der Waals surface area contributed by atoms with Crippen LogP contribution in [0.2, 0.25) is 0 Å². The van der Waals surface area contributed by atoms with Crippen molar-refractivity contribution in [3.63, 3.8) is 0 Å². The van der Waals surface area contributed by atoms with Crippen LogP contribution in [0.3, 0.4) is 0 Å². The SMILES string of the molecule is CCOCCCNC(=O)c1coc(CN(CCCOCC)C(=O)COc2ccccc2)n1. The molecule has 0 aliphatic carbocycles. The van der Waals surface area contributed by atoms with Crippen LogP contribution in [0.5, 0.6) is 5.75 Å². The number of ether oxygens (including phenoxy) is 3. The predicted octanol–water partition coefficient (Wildman–Crippen LogP) is 2.67. The van der Waals surface area contributed by atoms with Gasteiger partial charge in [0.15, 0.2) is 12.3 Å². The molecule has 0 saturated carbocycles. The van der Waals surface area contributed by atoms with Gasteiger partial charge in [0, 0.05) is 39.5 Å². The first-order valence-corrected chi connectivity index (χ1v) is 11.0. The molecule has 0 unspecified atom stereocenters. The molecule has 1 heterocycles. The van der Waals surface area contributed by atoms with Gasteiger partial charge >= 0.3 is 0 Å². The van der Waals surface area contributed by atoms with Gasteiger partial charge in [-0.25, -0.2) is 4.98 Å². The summed E-state index contributed by atoms with van der Waals surface area (Å²) in [7, 11) is 0. The fourth-order valence-electron chi connectivity index (χ4n) is 2.81. The molecule has 2 aromatic rings. The van der Waals surface area contributed by atoms with Gasteiger partial charge in [-0.1, -0.05) is 18.2 Å². The summed E-state index contributed by atoms with van der Waals surface area (Å²) in [4.78, 5) is 30.8. The highest BCUT2D eigenvalue weighted by molar-refractivity contribution is 5.91. The third kappa shape index (κ3) is 9.49. The lowest BCUT2D eigenvalue weighted by molar-refractivity contribution is -0.134. The van der Waals surface area contributed by atoms with Crippen LogP contribution in [0.4, 0.5) is 0 Å². The maximum absolute atomic E-state index is 12.8. The minimum absolute atomic E-state index is 0.105. The second-order valence-electron chi connectivity index (χ2n) is 6.90. The molecule has 1 aromatic heterocycles. The smallest absolute Gasteiger partial charge is 0.273 e. The summed E-state index contributed by atoms with van der Waals surface area (Å²) in [5.41, 5.74) is 0.179. The number of oxazole rings is 1. The maximum atomic E-state index is 12.8. The first kappa shape index (κ1) is 25.4. The van der Waals surface area contributed by atoms with Gasteiger partial charge in [-0.3, -0.25) is 9.59 Å². The van der Waals surface area contributed by atoms with Gasteiger partial charge in [0.05, 0.1) is 6.54 Å². The molecule has 2 rings (SSSR count). The Morgan fingerprint density at radius 1 is 1.06 bits per heavy atom. The molecule has 32 heavy (non-hydrogen) atoms. The Hall–Kier alpha value is -2.91. The van der Waals surface area contributed by atoms with Crippen molar-refractivity contribution in [3.05, 3.63) is 48.2 Å². The standard InChI is InChI=1S/C23H33N3O6/c1-3-29-14-8-12-24-23(28)20-17-32-21(25-20)16-26(13-9-15-30-4-2)22(27)18-31-19-10-6-5-7-11-19/h5-7,10-11,17H,3-4,8-9,12-16,18H2,1-2H3,(H,24,28). The van der Waals surface area contributed by atoms with E-state index in [-0.39, 0.29) is 36.6 Å². The Labute approximate surface area is 189 Å². The van der Waals surface area contributed by atoms with E-state index >= 15 is 0 Å². The van der Waals surface area contributed by atoms with Gasteiger partial charge in [-0.15, -0.1) is 0 Å². The Bertz CT molecular complexity index is 796. The van der Waals surface area contributed by atoms with E-state index in [1.165, 1.54) is 6.26 Å². The number of carbonyl (C=O) groups is 2. The van der Waals surface area contributed by atoms with E-state index in [4.69, 9.17) is 18.6 Å². The van der Waals surface area contributed by atoms with Crippen molar-refractivity contribution in [2.75, 3.05) is 46.1 Å². The third-order valence-electron chi connectivity index (χ3n) is 4.44. The average molecular weight is 448 g/mol. The summed E-state index contributed by atoms with van der Waals surface area (Å²) >= 11 is 0. The van der Waals surface area contributed by atoms with Crippen molar-refractivity contribution in [3.8, 4) is 5.75 Å². The van der Waals surface area contributed by atoms with Crippen LogP contribution in [0.25, 0.3) is 0 Å². The molecule has 0 fully saturated rings. The molecule has 0 radical (unpaired) electrons. The van der Waals surface area contributed by atoms with Gasteiger partial charge in [0.1, 0.15) is 12.0 Å². The van der Waals surface area contributed by atoms with Crippen molar-refractivity contribution in [2.24, 2.45) is 0 Å². The first-order chi connectivity index (χ1) is 15.6. The normalized spacial score (nSPS) is 10.7. The summed E-state index contributed by atoms with van der Waals surface area (Å²) in [6, 6.07) is 9.15. The van der Waals surface area contributed by atoms with E-state index in [1.807, 2.05) is 32.0 Å². The van der Waals surface area contributed by atoms with E-state index in [1.54, 1.807) is 17.0 Å². The topological polar surface area (TPSA) is 103 Å². The Balaban J connectivity index is 1.90. The molecule has 9 nitrogen and oxygen atoms in total. The summed E-state index contributed by atoms with van der Waals surface area (Å²) in [5.74, 6) is 0.382. The number of hydrogen-bond donors (Lipinski definition) is 1. The predicted molar refractivity (Wildman–Crippen MR) is 118 cm³/mol. The van der Waals surface area contributed by atoms with Crippen LogP contribution in [0.15, 0.2) is 41.0 Å². The minimum atomic E-state index is -0.321. The molecule has 0 aliphatic heterocycles. The lowest BCUT2D eigenvalue weighted by Crippen LogP contribution is -2.36. The zero-order valence-corrected chi connectivity index (χ0v) is 18.9. The molecule has 1 aromatic carbocycles. The third-order valence-corrected chi connectivity index (χ3v) is 4.44. The zero-order chi connectivity index (χ0) is 23.0. The van der Waals surface area contributed by atoms with Gasteiger partial charge in [-0.05, 0) is 38.8 Å². The number of benzene rings is 1. The van der Waals surface area contributed by atoms with E-state index in [9.17, 15) is 9.59 Å². The summed E-state index contributed by atoms with van der Waals surface area (Å²) in [6.07, 6.45) is 2.68. The largest absolute Gasteiger partial charge is 0.484 e. The molecular formula is C23H33N3O6. The number of hydrogen-bond acceptors (Lipinski definition) is 7. The molecule has 9 heteroatoms. The number of amides is 2. The van der Waals surface area contributed by atoms with Gasteiger partial charge in [0.25, 0.3) is 11.8 Å². The summed E-state index contributed by atoms with van der Waals surface area (Å²) in [6.45, 7) is 7.22. The molecule has 0 bridgehead atoms. The molecule has 0 atom stereocenters. The number of carbonyl (C=O) groups excluding carboxylic acids is 2. The first-order valence-electron chi connectivity index (χ1n) is 11.0. The highest BCUT2D eigenvalue weighted by atomic mass is 16.5. The van der Waals surface area contributed by atoms with Crippen molar-refractivity contribution >= 4 is 11.8 Å². The number of rotatable bonds is 16. The number of aromatic nitrogens is 1. The number of nitrogens with one attached hydrogen (secondary N) is 1. The van der Waals surface area contributed by atoms with Crippen LogP contribution >= 0.6 is 0 Å².